The van der Waals surface area contributed by atoms with Gasteiger partial charge in [0, 0.05) is 27.3 Å². The molecular formula is H9AlCaO4SiTl. The van der Waals surface area contributed by atoms with Crippen molar-refractivity contribution >= 4 is 91.4 Å². The molecule has 0 heterocycles. The first-order valence-corrected chi connectivity index (χ1v) is 2.68. The first kappa shape index (κ1) is 22.4. The Kier molecular flexibility index (Phi) is 27.4. The zero-order valence-corrected chi connectivity index (χ0v) is 8.36. The fourth-order valence-corrected chi connectivity index (χ4v) is 0. The number of rotatable bonds is 0. The second-order valence-corrected chi connectivity index (χ2v) is 1.80. The largest absolute Gasteiger partial charge is 0 e. The van der Waals surface area contributed by atoms with Crippen molar-refractivity contribution in [2.75, 3.05) is 0 Å². The van der Waals surface area contributed by atoms with E-state index in [4.69, 9.17) is 19.2 Å². The van der Waals surface area contributed by atoms with Gasteiger partial charge in [0.15, 0.2) is 17.4 Å². The summed E-state index contributed by atoms with van der Waals surface area (Å²) >= 11 is 0. The minimum Gasteiger partial charge on any atom is 0 e. The van der Waals surface area contributed by atoms with Crippen LogP contribution < -0.4 is 0 Å². The third-order valence-electron chi connectivity index (χ3n) is 0. The van der Waals surface area contributed by atoms with Crippen LogP contribution in [-0.4, -0.2) is 111 Å². The molecule has 0 atom stereocenters. The Morgan fingerprint density at radius 3 is 0.875 bits per heavy atom. The molecule has 0 rings (SSSR count). The van der Waals surface area contributed by atoms with Crippen LogP contribution in [0.3, 0.4) is 0 Å². The van der Waals surface area contributed by atoms with E-state index >= 15 is 0 Å². The summed E-state index contributed by atoms with van der Waals surface area (Å²) in [5.74, 6) is 0. The summed E-state index contributed by atoms with van der Waals surface area (Å²) in [7, 11) is -4.61. The van der Waals surface area contributed by atoms with Crippen molar-refractivity contribution in [3.8, 4) is 0 Å². The van der Waals surface area contributed by atoms with Gasteiger partial charge in [0.1, 0.15) is 0 Å². The van der Waals surface area contributed by atoms with Gasteiger partial charge in [-0.2, -0.15) is 0 Å². The van der Waals surface area contributed by atoms with E-state index in [9.17, 15) is 0 Å². The minimum absolute atomic E-state index is 0. The third-order valence-corrected chi connectivity index (χ3v) is 0. The second-order valence-electron chi connectivity index (χ2n) is 0.600. The molecular weight excluding hydrogens is 364 g/mol. The molecule has 8 heavy (non-hydrogen) atoms. The topological polar surface area (TPSA) is 80.9 Å². The fourth-order valence-electron chi connectivity index (χ4n) is 0. The molecule has 0 aliphatic rings. The molecule has 0 aromatic heterocycles. The molecule has 0 saturated heterocycles. The SMILES string of the molecule is O[Si](O)(O)O.[AlH3].[CaH2].[Tl]. The molecule has 0 unspecified atom stereocenters. The van der Waals surface area contributed by atoms with Crippen molar-refractivity contribution in [2.24, 2.45) is 0 Å². The number of hydrogen-bond donors (Lipinski definition) is 4. The van der Waals surface area contributed by atoms with Crippen LogP contribution in [0.5, 0.6) is 0 Å². The normalized spacial score (nSPS) is 7.50. The van der Waals surface area contributed by atoms with E-state index < -0.39 is 9.05 Å². The molecule has 45 valence electrons. The van der Waals surface area contributed by atoms with Gasteiger partial charge in [-0.3, -0.25) is 0 Å². The summed E-state index contributed by atoms with van der Waals surface area (Å²) in [6.45, 7) is 0. The summed E-state index contributed by atoms with van der Waals surface area (Å²) in [6, 6.07) is 0. The fraction of sp³-hybridized carbons (Fsp3) is 0. The maximum absolute atomic E-state index is 7.33. The van der Waals surface area contributed by atoms with Crippen LogP contribution in [0.25, 0.3) is 0 Å². The van der Waals surface area contributed by atoms with Crippen molar-refractivity contribution < 1.29 is 19.2 Å². The smallest absolute Gasteiger partial charge is 0 e. The molecule has 0 spiro atoms. The van der Waals surface area contributed by atoms with Gasteiger partial charge in [-0.15, -0.1) is 0 Å². The quantitative estimate of drug-likeness (QED) is 0.321. The minimum atomic E-state index is -4.61. The average molecular weight is 373 g/mol. The summed E-state index contributed by atoms with van der Waals surface area (Å²) < 4.78 is 0. The van der Waals surface area contributed by atoms with E-state index in [1.54, 1.807) is 0 Å². The zero-order chi connectivity index (χ0) is 4.50. The predicted molar refractivity (Wildman–Crippen MR) is 38.9 cm³/mol. The van der Waals surface area contributed by atoms with Crippen molar-refractivity contribution in [1.82, 2.24) is 0 Å². The third kappa shape index (κ3) is 69.0. The first-order valence-electron chi connectivity index (χ1n) is 0.894. The summed E-state index contributed by atoms with van der Waals surface area (Å²) in [6.07, 6.45) is 0. The summed E-state index contributed by atoms with van der Waals surface area (Å²) in [4.78, 5) is 29.3. The molecule has 0 aliphatic heterocycles. The van der Waals surface area contributed by atoms with Crippen molar-refractivity contribution in [1.29, 1.82) is 0 Å². The van der Waals surface area contributed by atoms with Crippen LogP contribution in [0.15, 0.2) is 0 Å². The van der Waals surface area contributed by atoms with Gasteiger partial charge in [0.25, 0.3) is 0 Å². The van der Waals surface area contributed by atoms with Crippen LogP contribution in [-0.2, 0) is 0 Å². The Hall–Kier alpha value is 2.77. The van der Waals surface area contributed by atoms with E-state index in [1.165, 1.54) is 0 Å². The monoisotopic (exact) mass is 373 g/mol. The van der Waals surface area contributed by atoms with Crippen LogP contribution in [0.2, 0.25) is 0 Å². The van der Waals surface area contributed by atoms with Crippen LogP contribution in [0.1, 0.15) is 0 Å². The van der Waals surface area contributed by atoms with Crippen LogP contribution in [0.4, 0.5) is 0 Å². The maximum atomic E-state index is 7.33. The summed E-state index contributed by atoms with van der Waals surface area (Å²) in [5.41, 5.74) is 0. The number of hydrogen-bond acceptors (Lipinski definition) is 4. The van der Waals surface area contributed by atoms with E-state index in [2.05, 4.69) is 0 Å². The van der Waals surface area contributed by atoms with Crippen LogP contribution in [0, 0.1) is 0 Å². The molecule has 0 bridgehead atoms. The van der Waals surface area contributed by atoms with Gasteiger partial charge >= 0.3 is 46.8 Å². The Labute approximate surface area is 109 Å². The van der Waals surface area contributed by atoms with Gasteiger partial charge < -0.3 is 19.2 Å². The van der Waals surface area contributed by atoms with Gasteiger partial charge in [-0.25, -0.2) is 0 Å². The standard InChI is InChI=1S/Al.Ca.H4O4Si.Tl.5H/c;;1-5(2,3)4;;;;;;/h;;1-4H;;;;;;. The van der Waals surface area contributed by atoms with Crippen molar-refractivity contribution in [3.05, 3.63) is 0 Å². The van der Waals surface area contributed by atoms with E-state index in [1.807, 2.05) is 0 Å². The van der Waals surface area contributed by atoms with Crippen molar-refractivity contribution in [2.45, 2.75) is 0 Å². The van der Waals surface area contributed by atoms with Crippen LogP contribution >= 0.6 is 0 Å². The zero-order valence-electron chi connectivity index (χ0n) is 2.87. The van der Waals surface area contributed by atoms with Gasteiger partial charge in [-0.1, -0.05) is 0 Å². The van der Waals surface area contributed by atoms with E-state index in [0.717, 1.165) is 0 Å². The molecule has 0 aromatic carbocycles. The average Bonchev–Trinajstić information content (AvgIpc) is 0.722. The molecule has 1 radical (unpaired) electrons. The predicted octanol–water partition coefficient (Wildman–Crippen LogP) is -5.09. The molecule has 0 aliphatic carbocycles. The molecule has 4 N–H and O–H groups in total. The maximum Gasteiger partial charge on any atom is 0 e. The van der Waals surface area contributed by atoms with E-state index in [0.29, 0.717) is 0 Å². The Bertz CT molecular complexity index is 31.5. The van der Waals surface area contributed by atoms with Gasteiger partial charge in [0.05, 0.1) is 0 Å². The van der Waals surface area contributed by atoms with Gasteiger partial charge in [-0.05, 0) is 0 Å². The Balaban J connectivity index is -0.0000000267. The Morgan fingerprint density at radius 1 is 0.875 bits per heavy atom. The van der Waals surface area contributed by atoms with Crippen molar-refractivity contribution in [3.63, 3.8) is 0 Å². The molecule has 0 fully saturated rings. The first-order chi connectivity index (χ1) is 2.00. The molecule has 8 heteroatoms. The summed E-state index contributed by atoms with van der Waals surface area (Å²) in [5, 5.41) is 0. The molecule has 0 saturated carbocycles. The second kappa shape index (κ2) is 9.77. The molecule has 4 nitrogen and oxygen atoms in total. The van der Waals surface area contributed by atoms with Gasteiger partial charge in [0.2, 0.25) is 0 Å². The van der Waals surface area contributed by atoms with E-state index in [-0.39, 0.29) is 82.4 Å². The Morgan fingerprint density at radius 2 is 0.875 bits per heavy atom. The molecule has 0 aromatic rings. The molecule has 0 amide bonds.